The topological polar surface area (TPSA) is 78.9 Å². The quantitative estimate of drug-likeness (QED) is 0.762. The zero-order valence-corrected chi connectivity index (χ0v) is 8.19. The summed E-state index contributed by atoms with van der Waals surface area (Å²) in [5.74, 6) is -1.05. The third-order valence-electron chi connectivity index (χ3n) is 1.83. The summed E-state index contributed by atoms with van der Waals surface area (Å²) in [4.78, 5) is 14.4. The summed E-state index contributed by atoms with van der Waals surface area (Å²) < 4.78 is 0. The monoisotopic (exact) mass is 223 g/mol. The van der Waals surface area contributed by atoms with Crippen LogP contribution in [0.25, 0.3) is 11.3 Å². The molecule has 0 radical (unpaired) electrons. The number of aromatic amines is 1. The van der Waals surface area contributed by atoms with Gasteiger partial charge in [0.25, 0.3) is 0 Å². The van der Waals surface area contributed by atoms with E-state index >= 15 is 0 Å². The van der Waals surface area contributed by atoms with E-state index in [0.717, 1.165) is 5.56 Å². The highest BCUT2D eigenvalue weighted by molar-refractivity contribution is 6.29. The van der Waals surface area contributed by atoms with E-state index < -0.39 is 5.97 Å². The van der Waals surface area contributed by atoms with E-state index in [1.54, 1.807) is 12.1 Å². The summed E-state index contributed by atoms with van der Waals surface area (Å²) in [5, 5.41) is 15.3. The molecule has 15 heavy (non-hydrogen) atoms. The summed E-state index contributed by atoms with van der Waals surface area (Å²) >= 11 is 5.70. The number of aromatic carboxylic acids is 1. The first-order chi connectivity index (χ1) is 7.16. The van der Waals surface area contributed by atoms with Crippen LogP contribution in [0.15, 0.2) is 24.4 Å². The number of carboxylic acid groups (broad SMARTS) is 1. The molecule has 2 aromatic heterocycles. The minimum absolute atomic E-state index is 0.0398. The molecule has 0 atom stereocenters. The van der Waals surface area contributed by atoms with Gasteiger partial charge in [0.15, 0.2) is 0 Å². The number of nitrogens with zero attached hydrogens (tertiary/aromatic N) is 2. The molecule has 76 valence electrons. The molecule has 0 aliphatic carbocycles. The predicted octanol–water partition coefficient (Wildman–Crippen LogP) is 1.82. The number of hydrogen-bond donors (Lipinski definition) is 2. The van der Waals surface area contributed by atoms with E-state index in [1.165, 1.54) is 12.3 Å². The van der Waals surface area contributed by atoms with E-state index in [1.807, 2.05) is 0 Å². The van der Waals surface area contributed by atoms with Crippen LogP contribution >= 0.6 is 11.6 Å². The van der Waals surface area contributed by atoms with Gasteiger partial charge in [-0.2, -0.15) is 5.10 Å². The van der Waals surface area contributed by atoms with Crippen molar-refractivity contribution in [3.63, 3.8) is 0 Å². The molecule has 0 unspecified atom stereocenters. The normalized spacial score (nSPS) is 10.2. The molecule has 0 saturated carbocycles. The highest BCUT2D eigenvalue weighted by atomic mass is 35.5. The van der Waals surface area contributed by atoms with Gasteiger partial charge < -0.3 is 5.11 Å². The number of nitrogens with one attached hydrogen (secondary N) is 1. The summed E-state index contributed by atoms with van der Waals surface area (Å²) in [7, 11) is 0. The van der Waals surface area contributed by atoms with E-state index in [9.17, 15) is 4.79 Å². The number of carboxylic acids is 1. The Morgan fingerprint density at radius 2 is 2.27 bits per heavy atom. The molecule has 0 aliphatic heterocycles. The molecule has 6 heteroatoms. The number of H-pyrrole nitrogens is 1. The van der Waals surface area contributed by atoms with Gasteiger partial charge in [-0.1, -0.05) is 11.6 Å². The van der Waals surface area contributed by atoms with E-state index in [0.29, 0.717) is 10.8 Å². The lowest BCUT2D eigenvalue weighted by Gasteiger charge is -1.94. The Morgan fingerprint density at radius 3 is 2.87 bits per heavy atom. The summed E-state index contributed by atoms with van der Waals surface area (Å²) in [6, 6.07) is 4.75. The van der Waals surface area contributed by atoms with Crippen LogP contribution in [0.3, 0.4) is 0 Å². The first kappa shape index (κ1) is 9.67. The second-order valence-electron chi connectivity index (χ2n) is 2.84. The van der Waals surface area contributed by atoms with Gasteiger partial charge >= 0.3 is 5.97 Å². The molecular weight excluding hydrogens is 218 g/mol. The Bertz CT molecular complexity index is 510. The SMILES string of the molecule is O=C(O)c1cc(-c2ccnc(Cl)c2)n[nH]1. The number of rotatable bonds is 2. The van der Waals surface area contributed by atoms with Crippen LogP contribution in [0.4, 0.5) is 0 Å². The van der Waals surface area contributed by atoms with Crippen molar-refractivity contribution in [2.45, 2.75) is 0 Å². The number of halogens is 1. The van der Waals surface area contributed by atoms with Crippen molar-refractivity contribution >= 4 is 17.6 Å². The zero-order chi connectivity index (χ0) is 10.8. The van der Waals surface area contributed by atoms with Crippen molar-refractivity contribution < 1.29 is 9.90 Å². The van der Waals surface area contributed by atoms with Crippen molar-refractivity contribution in [2.24, 2.45) is 0 Å². The average Bonchev–Trinajstić information content (AvgIpc) is 2.66. The van der Waals surface area contributed by atoms with E-state index in [2.05, 4.69) is 15.2 Å². The fourth-order valence-electron chi connectivity index (χ4n) is 1.14. The molecule has 0 aliphatic rings. The van der Waals surface area contributed by atoms with Gasteiger partial charge in [0.05, 0.1) is 5.69 Å². The van der Waals surface area contributed by atoms with Crippen molar-refractivity contribution in [1.82, 2.24) is 15.2 Å². The number of hydrogen-bond acceptors (Lipinski definition) is 3. The molecule has 0 bridgehead atoms. The highest BCUT2D eigenvalue weighted by Crippen LogP contribution is 2.19. The highest BCUT2D eigenvalue weighted by Gasteiger charge is 2.09. The molecule has 0 spiro atoms. The molecule has 5 nitrogen and oxygen atoms in total. The molecule has 0 saturated heterocycles. The van der Waals surface area contributed by atoms with Crippen LogP contribution in [-0.2, 0) is 0 Å². The Morgan fingerprint density at radius 1 is 1.47 bits per heavy atom. The molecule has 2 rings (SSSR count). The molecule has 0 amide bonds. The maximum absolute atomic E-state index is 10.6. The van der Waals surface area contributed by atoms with Crippen LogP contribution in [0.2, 0.25) is 5.15 Å². The van der Waals surface area contributed by atoms with Gasteiger partial charge in [-0.25, -0.2) is 9.78 Å². The minimum Gasteiger partial charge on any atom is -0.477 e. The lowest BCUT2D eigenvalue weighted by atomic mass is 10.2. The van der Waals surface area contributed by atoms with E-state index in [4.69, 9.17) is 16.7 Å². The van der Waals surface area contributed by atoms with E-state index in [-0.39, 0.29) is 5.69 Å². The average molecular weight is 224 g/mol. The third kappa shape index (κ3) is 1.97. The Hall–Kier alpha value is -1.88. The summed E-state index contributed by atoms with van der Waals surface area (Å²) in [5.41, 5.74) is 1.29. The van der Waals surface area contributed by atoms with Gasteiger partial charge in [-0.3, -0.25) is 5.10 Å². The van der Waals surface area contributed by atoms with Gasteiger partial charge in [-0.05, 0) is 18.2 Å². The summed E-state index contributed by atoms with van der Waals surface area (Å²) in [6.07, 6.45) is 1.53. The fourth-order valence-corrected chi connectivity index (χ4v) is 1.31. The molecular formula is C9H6ClN3O2. The number of pyridine rings is 1. The van der Waals surface area contributed by atoms with Crippen molar-refractivity contribution in [1.29, 1.82) is 0 Å². The van der Waals surface area contributed by atoms with Gasteiger partial charge in [0, 0.05) is 11.8 Å². The molecule has 2 heterocycles. The molecule has 0 aromatic carbocycles. The van der Waals surface area contributed by atoms with Crippen LogP contribution in [0, 0.1) is 0 Å². The van der Waals surface area contributed by atoms with Crippen molar-refractivity contribution in [3.8, 4) is 11.3 Å². The van der Waals surface area contributed by atoms with Crippen molar-refractivity contribution in [3.05, 3.63) is 35.2 Å². The Balaban J connectivity index is 2.41. The Kier molecular flexibility index (Phi) is 2.39. The fraction of sp³-hybridized carbons (Fsp3) is 0. The van der Waals surface area contributed by atoms with Crippen LogP contribution < -0.4 is 0 Å². The molecule has 0 fully saturated rings. The maximum atomic E-state index is 10.6. The lowest BCUT2D eigenvalue weighted by molar-refractivity contribution is 0.0690. The largest absolute Gasteiger partial charge is 0.477 e. The summed E-state index contributed by atoms with van der Waals surface area (Å²) in [6.45, 7) is 0. The first-order valence-electron chi connectivity index (χ1n) is 4.07. The maximum Gasteiger partial charge on any atom is 0.353 e. The molecule has 2 aromatic rings. The number of carbonyl (C=O) groups is 1. The smallest absolute Gasteiger partial charge is 0.353 e. The number of aromatic nitrogens is 3. The predicted molar refractivity (Wildman–Crippen MR) is 53.8 cm³/mol. The Labute approximate surface area is 89.7 Å². The lowest BCUT2D eigenvalue weighted by Crippen LogP contribution is -1.95. The van der Waals surface area contributed by atoms with Gasteiger partial charge in [0.2, 0.25) is 0 Å². The zero-order valence-electron chi connectivity index (χ0n) is 7.44. The van der Waals surface area contributed by atoms with Gasteiger partial charge in [0.1, 0.15) is 10.8 Å². The second-order valence-corrected chi connectivity index (χ2v) is 3.23. The molecule has 2 N–H and O–H groups in total. The minimum atomic E-state index is -1.05. The van der Waals surface area contributed by atoms with Crippen LogP contribution in [-0.4, -0.2) is 26.3 Å². The first-order valence-corrected chi connectivity index (χ1v) is 4.45. The van der Waals surface area contributed by atoms with Gasteiger partial charge in [-0.15, -0.1) is 0 Å². The van der Waals surface area contributed by atoms with Crippen molar-refractivity contribution in [2.75, 3.05) is 0 Å². The van der Waals surface area contributed by atoms with Crippen LogP contribution in [0.5, 0.6) is 0 Å². The second kappa shape index (κ2) is 3.70. The van der Waals surface area contributed by atoms with Crippen LogP contribution in [0.1, 0.15) is 10.5 Å². The standard InChI is InChI=1S/C9H6ClN3O2/c10-8-3-5(1-2-11-8)6-4-7(9(14)15)13-12-6/h1-4H,(H,12,13)(H,14,15). The third-order valence-corrected chi connectivity index (χ3v) is 2.04.